The Hall–Kier alpha value is -3.39. The van der Waals surface area contributed by atoms with Gasteiger partial charge in [-0.05, 0) is 54.8 Å². The summed E-state index contributed by atoms with van der Waals surface area (Å²) in [5.41, 5.74) is 14.1. The van der Waals surface area contributed by atoms with Crippen LogP contribution in [-0.2, 0) is 20.1 Å². The van der Waals surface area contributed by atoms with Gasteiger partial charge in [-0.2, -0.15) is 5.10 Å². The van der Waals surface area contributed by atoms with Gasteiger partial charge in [0, 0.05) is 82.1 Å². The molecule has 1 saturated heterocycles. The lowest BCUT2D eigenvalue weighted by molar-refractivity contribution is 0.104. The van der Waals surface area contributed by atoms with Gasteiger partial charge in [-0.25, -0.2) is 4.98 Å². The second kappa shape index (κ2) is 10.7. The Balaban J connectivity index is 1.33. The van der Waals surface area contributed by atoms with Gasteiger partial charge in [-0.3, -0.25) is 19.5 Å². The molecule has 3 aromatic heterocycles. The fourth-order valence-corrected chi connectivity index (χ4v) is 4.80. The van der Waals surface area contributed by atoms with Crippen LogP contribution in [0.1, 0.15) is 25.1 Å². The number of piperazine rings is 1. The molecule has 4 aromatic rings. The van der Waals surface area contributed by atoms with Crippen molar-refractivity contribution in [2.75, 3.05) is 26.2 Å². The zero-order chi connectivity index (χ0) is 25.1. The first-order valence-corrected chi connectivity index (χ1v) is 12.7. The average Bonchev–Trinajstić information content (AvgIpc) is 3.35. The molecule has 1 fully saturated rings. The number of hydrogen-bond donors (Lipinski definition) is 1. The van der Waals surface area contributed by atoms with Gasteiger partial charge < -0.3 is 5.73 Å². The standard InChI is InChI=1S/C29H35N7/c1-21(2)36-12-10-35(11-13-36)20-22-4-6-23(7-5-22)25-14-26(19-31-18-25)24-15-27(17-30)32-29(16-24)28-8-9-34(3)33-28/h4-9,14-16,18-19,21H,10-13,17,20,30H2,1-3H3. The quantitative estimate of drug-likeness (QED) is 0.426. The molecule has 0 unspecified atom stereocenters. The van der Waals surface area contributed by atoms with E-state index in [9.17, 15) is 0 Å². The smallest absolute Gasteiger partial charge is 0.111 e. The summed E-state index contributed by atoms with van der Waals surface area (Å²) < 4.78 is 1.78. The molecule has 0 aliphatic carbocycles. The largest absolute Gasteiger partial charge is 0.325 e. The van der Waals surface area contributed by atoms with Gasteiger partial charge in [-0.1, -0.05) is 24.3 Å². The lowest BCUT2D eigenvalue weighted by Gasteiger charge is -2.36. The highest BCUT2D eigenvalue weighted by atomic mass is 15.3. The maximum atomic E-state index is 5.96. The van der Waals surface area contributed by atoms with E-state index in [1.807, 2.05) is 37.8 Å². The molecule has 5 rings (SSSR count). The molecule has 7 nitrogen and oxygen atoms in total. The first-order valence-electron chi connectivity index (χ1n) is 12.7. The third-order valence-electron chi connectivity index (χ3n) is 6.97. The third-order valence-corrected chi connectivity index (χ3v) is 6.97. The van der Waals surface area contributed by atoms with Gasteiger partial charge in [-0.15, -0.1) is 0 Å². The van der Waals surface area contributed by atoms with E-state index in [-0.39, 0.29) is 0 Å². The van der Waals surface area contributed by atoms with E-state index in [0.717, 1.165) is 72.1 Å². The highest BCUT2D eigenvalue weighted by molar-refractivity contribution is 5.74. The summed E-state index contributed by atoms with van der Waals surface area (Å²) >= 11 is 0. The summed E-state index contributed by atoms with van der Waals surface area (Å²) in [7, 11) is 1.91. The summed E-state index contributed by atoms with van der Waals surface area (Å²) in [5.74, 6) is 0. The van der Waals surface area contributed by atoms with Crippen LogP contribution >= 0.6 is 0 Å². The second-order valence-corrected chi connectivity index (χ2v) is 9.88. The number of benzene rings is 1. The average molecular weight is 482 g/mol. The van der Waals surface area contributed by atoms with E-state index in [1.165, 1.54) is 5.56 Å². The topological polar surface area (TPSA) is 76.1 Å². The van der Waals surface area contributed by atoms with Gasteiger partial charge in [0.05, 0.1) is 11.4 Å². The van der Waals surface area contributed by atoms with Crippen LogP contribution in [0.3, 0.4) is 0 Å². The Labute approximate surface area is 213 Å². The van der Waals surface area contributed by atoms with Crippen molar-refractivity contribution in [3.8, 4) is 33.6 Å². The zero-order valence-electron chi connectivity index (χ0n) is 21.4. The summed E-state index contributed by atoms with van der Waals surface area (Å²) in [5, 5.41) is 4.51. The van der Waals surface area contributed by atoms with Crippen molar-refractivity contribution >= 4 is 0 Å². The Morgan fingerprint density at radius 1 is 0.833 bits per heavy atom. The molecular formula is C29H35N7. The molecule has 0 spiro atoms. The van der Waals surface area contributed by atoms with Crippen molar-refractivity contribution in [2.45, 2.75) is 33.0 Å². The van der Waals surface area contributed by atoms with Crippen molar-refractivity contribution < 1.29 is 0 Å². The highest BCUT2D eigenvalue weighted by Gasteiger charge is 2.18. The molecule has 36 heavy (non-hydrogen) atoms. The summed E-state index contributed by atoms with van der Waals surface area (Å²) in [4.78, 5) is 14.3. The molecule has 186 valence electrons. The molecule has 0 bridgehead atoms. The van der Waals surface area contributed by atoms with Crippen LogP contribution < -0.4 is 5.73 Å². The number of rotatable bonds is 7. The second-order valence-electron chi connectivity index (χ2n) is 9.88. The fraction of sp³-hybridized carbons (Fsp3) is 0.345. The molecule has 4 heterocycles. The van der Waals surface area contributed by atoms with Gasteiger partial charge in [0.2, 0.25) is 0 Å². The van der Waals surface area contributed by atoms with Crippen LogP contribution in [0.15, 0.2) is 67.1 Å². The predicted molar refractivity (Wildman–Crippen MR) is 145 cm³/mol. The van der Waals surface area contributed by atoms with Crippen LogP contribution in [0.25, 0.3) is 33.6 Å². The first kappa shape index (κ1) is 24.3. The molecule has 1 aliphatic heterocycles. The summed E-state index contributed by atoms with van der Waals surface area (Å²) in [6, 6.07) is 17.8. The van der Waals surface area contributed by atoms with Gasteiger partial charge >= 0.3 is 0 Å². The van der Waals surface area contributed by atoms with Gasteiger partial charge in [0.25, 0.3) is 0 Å². The lowest BCUT2D eigenvalue weighted by Crippen LogP contribution is -2.48. The molecular weight excluding hydrogens is 446 g/mol. The minimum atomic E-state index is 0.370. The number of nitrogens with two attached hydrogens (primary N) is 1. The van der Waals surface area contributed by atoms with Crippen molar-refractivity contribution in [1.29, 1.82) is 0 Å². The predicted octanol–water partition coefficient (Wildman–Crippen LogP) is 4.20. The van der Waals surface area contributed by atoms with Crippen molar-refractivity contribution in [3.05, 3.63) is 78.4 Å². The summed E-state index contributed by atoms with van der Waals surface area (Å²) in [6.07, 6.45) is 5.74. The van der Waals surface area contributed by atoms with Crippen LogP contribution in [-0.4, -0.2) is 61.8 Å². The SMILES string of the molecule is CC(C)N1CCN(Cc2ccc(-c3cncc(-c4cc(CN)nc(-c5ccn(C)n5)c4)c3)cc2)CC1. The van der Waals surface area contributed by atoms with Crippen LogP contribution in [0, 0.1) is 0 Å². The highest BCUT2D eigenvalue weighted by Crippen LogP contribution is 2.29. The molecule has 1 aromatic carbocycles. The molecule has 0 radical (unpaired) electrons. The number of aryl methyl sites for hydroxylation is 1. The number of pyridine rings is 2. The van der Waals surface area contributed by atoms with Crippen molar-refractivity contribution in [3.63, 3.8) is 0 Å². The maximum absolute atomic E-state index is 5.96. The van der Waals surface area contributed by atoms with E-state index in [1.54, 1.807) is 4.68 Å². The lowest BCUT2D eigenvalue weighted by atomic mass is 10.00. The number of aromatic nitrogens is 4. The van der Waals surface area contributed by atoms with E-state index >= 15 is 0 Å². The van der Waals surface area contributed by atoms with E-state index in [2.05, 4.69) is 75.1 Å². The Morgan fingerprint density at radius 3 is 2.19 bits per heavy atom. The van der Waals surface area contributed by atoms with E-state index in [4.69, 9.17) is 5.73 Å². The number of nitrogens with zero attached hydrogens (tertiary/aromatic N) is 6. The molecule has 0 saturated carbocycles. The van der Waals surface area contributed by atoms with Crippen molar-refractivity contribution in [2.24, 2.45) is 12.8 Å². The molecule has 1 aliphatic rings. The molecule has 2 N–H and O–H groups in total. The minimum absolute atomic E-state index is 0.370. The monoisotopic (exact) mass is 481 g/mol. The fourth-order valence-electron chi connectivity index (χ4n) is 4.80. The van der Waals surface area contributed by atoms with E-state index < -0.39 is 0 Å². The zero-order valence-corrected chi connectivity index (χ0v) is 21.4. The Bertz CT molecular complexity index is 1300. The van der Waals surface area contributed by atoms with Gasteiger partial charge in [0.15, 0.2) is 0 Å². The van der Waals surface area contributed by atoms with E-state index in [0.29, 0.717) is 12.6 Å². The Morgan fingerprint density at radius 2 is 1.56 bits per heavy atom. The van der Waals surface area contributed by atoms with Crippen LogP contribution in [0.2, 0.25) is 0 Å². The number of hydrogen-bond acceptors (Lipinski definition) is 6. The minimum Gasteiger partial charge on any atom is -0.325 e. The van der Waals surface area contributed by atoms with Crippen molar-refractivity contribution in [1.82, 2.24) is 29.5 Å². The third kappa shape index (κ3) is 5.54. The Kier molecular flexibility index (Phi) is 7.23. The van der Waals surface area contributed by atoms with Crippen LogP contribution in [0.5, 0.6) is 0 Å². The summed E-state index contributed by atoms with van der Waals surface area (Å²) in [6.45, 7) is 10.5. The van der Waals surface area contributed by atoms with Gasteiger partial charge in [0.1, 0.15) is 5.69 Å². The normalized spacial score (nSPS) is 15.0. The maximum Gasteiger partial charge on any atom is 0.111 e. The molecule has 7 heteroatoms. The first-order chi connectivity index (χ1) is 17.5. The molecule has 0 atom stereocenters. The molecule has 0 amide bonds. The van der Waals surface area contributed by atoms with Crippen LogP contribution in [0.4, 0.5) is 0 Å².